The molecule has 1 atom stereocenters. The average Bonchev–Trinajstić information content (AvgIpc) is 3.35. The molecule has 4 aromatic rings. The largest absolute Gasteiger partial charge is 0.464 e. The molecule has 1 aliphatic rings. The van der Waals surface area contributed by atoms with Gasteiger partial charge in [0.15, 0.2) is 0 Å². The normalized spacial score (nSPS) is 15.5. The predicted molar refractivity (Wildman–Crippen MR) is 127 cm³/mol. The fraction of sp³-hybridized carbons (Fsp3) is 0.250. The van der Waals surface area contributed by atoms with Gasteiger partial charge in [-0.2, -0.15) is 0 Å². The lowest BCUT2D eigenvalue weighted by atomic mass is 9.91. The molecular weight excluding hydrogens is 418 g/mol. The van der Waals surface area contributed by atoms with Gasteiger partial charge in [-0.1, -0.05) is 30.3 Å². The van der Waals surface area contributed by atoms with Gasteiger partial charge in [0.25, 0.3) is 0 Å². The van der Waals surface area contributed by atoms with Crippen molar-refractivity contribution in [2.45, 2.75) is 25.2 Å². The number of furan rings is 1. The molecule has 2 aromatic heterocycles. The number of aromatic nitrogens is 1. The smallest absolute Gasteiger partial charge is 0.144 e. The molecule has 33 heavy (non-hydrogen) atoms. The molecule has 0 bridgehead atoms. The summed E-state index contributed by atoms with van der Waals surface area (Å²) in [6.45, 7) is 2.64. The molecule has 0 saturated carbocycles. The number of pyridine rings is 1. The van der Waals surface area contributed by atoms with Crippen molar-refractivity contribution in [1.82, 2.24) is 9.88 Å². The Labute approximate surface area is 192 Å². The third-order valence-electron chi connectivity index (χ3n) is 6.53. The molecule has 0 fully saturated rings. The Hall–Kier alpha value is -3.31. The van der Waals surface area contributed by atoms with Crippen molar-refractivity contribution in [1.29, 1.82) is 0 Å². The second-order valence-corrected chi connectivity index (χ2v) is 8.57. The minimum atomic E-state index is -0.254. The topological polar surface area (TPSA) is 29.3 Å². The second-order valence-electron chi connectivity index (χ2n) is 8.57. The summed E-state index contributed by atoms with van der Waals surface area (Å²) < 4.78 is 33.9. The van der Waals surface area contributed by atoms with E-state index >= 15 is 0 Å². The molecular formula is C28H26F2N2O. The highest BCUT2D eigenvalue weighted by atomic mass is 19.1. The van der Waals surface area contributed by atoms with E-state index in [9.17, 15) is 8.78 Å². The lowest BCUT2D eigenvalue weighted by Gasteiger charge is -2.28. The summed E-state index contributed by atoms with van der Waals surface area (Å²) in [5.74, 6) is -0.267. The Morgan fingerprint density at radius 1 is 0.970 bits per heavy atom. The lowest BCUT2D eigenvalue weighted by Crippen LogP contribution is -2.30. The average molecular weight is 445 g/mol. The zero-order valence-electron chi connectivity index (χ0n) is 18.4. The first-order valence-corrected chi connectivity index (χ1v) is 11.4. The Bertz CT molecular complexity index is 1270. The Balaban J connectivity index is 1.28. The summed E-state index contributed by atoms with van der Waals surface area (Å²) in [6, 6.07) is 17.9. The molecule has 3 nitrogen and oxygen atoms in total. The van der Waals surface area contributed by atoms with E-state index in [4.69, 9.17) is 4.42 Å². The number of hydrogen-bond donors (Lipinski definition) is 0. The van der Waals surface area contributed by atoms with E-state index in [1.54, 1.807) is 24.6 Å². The Kier molecular flexibility index (Phi) is 6.31. The van der Waals surface area contributed by atoms with Crippen LogP contribution < -0.4 is 0 Å². The van der Waals surface area contributed by atoms with Gasteiger partial charge in [-0.3, -0.25) is 9.88 Å². The molecule has 3 heterocycles. The van der Waals surface area contributed by atoms with Crippen molar-refractivity contribution in [2.24, 2.45) is 0 Å². The van der Waals surface area contributed by atoms with Crippen LogP contribution >= 0.6 is 0 Å². The molecule has 2 aromatic carbocycles. The van der Waals surface area contributed by atoms with Crippen LogP contribution in [0.4, 0.5) is 8.78 Å². The van der Waals surface area contributed by atoms with Gasteiger partial charge in [-0.05, 0) is 73.3 Å². The van der Waals surface area contributed by atoms with Crippen LogP contribution in [-0.2, 0) is 6.42 Å². The van der Waals surface area contributed by atoms with Crippen LogP contribution in [0.15, 0.2) is 83.6 Å². The fourth-order valence-corrected chi connectivity index (χ4v) is 4.68. The fourth-order valence-electron chi connectivity index (χ4n) is 4.68. The molecule has 168 valence electrons. The summed E-state index contributed by atoms with van der Waals surface area (Å²) in [6.07, 6.45) is 7.96. The third-order valence-corrected chi connectivity index (χ3v) is 6.53. The van der Waals surface area contributed by atoms with Gasteiger partial charge in [-0.15, -0.1) is 0 Å². The molecule has 0 spiro atoms. The van der Waals surface area contributed by atoms with E-state index in [2.05, 4.69) is 16.0 Å². The minimum Gasteiger partial charge on any atom is -0.464 e. The maximum absolute atomic E-state index is 14.3. The van der Waals surface area contributed by atoms with Gasteiger partial charge in [0, 0.05) is 36.5 Å². The van der Waals surface area contributed by atoms with Crippen LogP contribution in [0.2, 0.25) is 0 Å². The van der Waals surface area contributed by atoms with E-state index in [0.29, 0.717) is 17.4 Å². The number of nitrogens with zero attached hydrogens (tertiary/aromatic N) is 2. The van der Waals surface area contributed by atoms with Gasteiger partial charge < -0.3 is 4.42 Å². The number of fused-ring (bicyclic) bond motifs is 1. The summed E-state index contributed by atoms with van der Waals surface area (Å²) in [7, 11) is 0. The molecule has 1 aliphatic heterocycles. The van der Waals surface area contributed by atoms with E-state index in [0.717, 1.165) is 49.3 Å². The molecule has 0 aliphatic carbocycles. The van der Waals surface area contributed by atoms with Crippen LogP contribution in [0.3, 0.4) is 0 Å². The SMILES string of the molecule is Fc1ccccc1CC(CCN1CC=C(c2ccc(F)c3ccoc23)CC1)c1ccccn1. The van der Waals surface area contributed by atoms with Crippen LogP contribution in [0, 0.1) is 11.6 Å². The molecule has 0 N–H and O–H groups in total. The summed E-state index contributed by atoms with van der Waals surface area (Å²) >= 11 is 0. The van der Waals surface area contributed by atoms with Crippen molar-refractivity contribution in [2.75, 3.05) is 19.6 Å². The van der Waals surface area contributed by atoms with Crippen LogP contribution in [0.1, 0.15) is 35.6 Å². The molecule has 5 heteroatoms. The summed E-state index contributed by atoms with van der Waals surface area (Å²) in [5.41, 5.74) is 4.52. The van der Waals surface area contributed by atoms with Crippen molar-refractivity contribution in [3.63, 3.8) is 0 Å². The van der Waals surface area contributed by atoms with Crippen molar-refractivity contribution in [3.8, 4) is 0 Å². The van der Waals surface area contributed by atoms with Crippen molar-refractivity contribution >= 4 is 16.5 Å². The second kappa shape index (κ2) is 9.67. The van der Waals surface area contributed by atoms with E-state index < -0.39 is 0 Å². The van der Waals surface area contributed by atoms with Gasteiger partial charge in [0.1, 0.15) is 17.2 Å². The summed E-state index contributed by atoms with van der Waals surface area (Å²) in [5, 5.41) is 0.530. The molecule has 5 rings (SSSR count). The maximum atomic E-state index is 14.3. The lowest BCUT2D eigenvalue weighted by molar-refractivity contribution is 0.287. The van der Waals surface area contributed by atoms with Gasteiger partial charge in [0.2, 0.25) is 0 Å². The van der Waals surface area contributed by atoms with Gasteiger partial charge in [-0.25, -0.2) is 8.78 Å². The molecule has 0 radical (unpaired) electrons. The standard InChI is InChI=1S/C28H26F2N2O/c29-25-6-2-1-5-21(25)19-22(27-7-3-4-14-31-27)12-17-32-15-10-20(11-16-32)23-8-9-26(30)24-13-18-33-28(23)24/h1-10,13-14,18,22H,11-12,15-17,19H2. The summed E-state index contributed by atoms with van der Waals surface area (Å²) in [4.78, 5) is 6.96. The number of hydrogen-bond acceptors (Lipinski definition) is 3. The van der Waals surface area contributed by atoms with Crippen LogP contribution in [0.5, 0.6) is 0 Å². The van der Waals surface area contributed by atoms with Gasteiger partial charge >= 0.3 is 0 Å². The zero-order valence-corrected chi connectivity index (χ0v) is 18.4. The number of benzene rings is 2. The first kappa shape index (κ1) is 21.5. The predicted octanol–water partition coefficient (Wildman–Crippen LogP) is 6.61. The number of halogens is 2. The van der Waals surface area contributed by atoms with Crippen LogP contribution in [-0.4, -0.2) is 29.5 Å². The zero-order chi connectivity index (χ0) is 22.6. The highest BCUT2D eigenvalue weighted by Crippen LogP contribution is 2.32. The first-order valence-electron chi connectivity index (χ1n) is 11.4. The minimum absolute atomic E-state index is 0.147. The maximum Gasteiger partial charge on any atom is 0.144 e. The first-order chi connectivity index (χ1) is 16.2. The Morgan fingerprint density at radius 3 is 2.64 bits per heavy atom. The van der Waals surface area contributed by atoms with Crippen molar-refractivity contribution in [3.05, 3.63) is 108 Å². The molecule has 0 amide bonds. The quantitative estimate of drug-likeness (QED) is 0.321. The van der Waals surface area contributed by atoms with Gasteiger partial charge in [0.05, 0.1) is 11.6 Å². The Morgan fingerprint density at radius 2 is 1.85 bits per heavy atom. The highest BCUT2D eigenvalue weighted by molar-refractivity contribution is 5.90. The third kappa shape index (κ3) is 4.74. The van der Waals surface area contributed by atoms with E-state index in [1.165, 1.54) is 17.7 Å². The van der Waals surface area contributed by atoms with E-state index in [1.807, 2.05) is 36.4 Å². The molecule has 1 unspecified atom stereocenters. The molecule has 0 saturated heterocycles. The van der Waals surface area contributed by atoms with Crippen molar-refractivity contribution < 1.29 is 13.2 Å². The number of rotatable bonds is 7. The highest BCUT2D eigenvalue weighted by Gasteiger charge is 2.20. The van der Waals surface area contributed by atoms with E-state index in [-0.39, 0.29) is 17.6 Å². The monoisotopic (exact) mass is 444 g/mol. The van der Waals surface area contributed by atoms with Crippen LogP contribution in [0.25, 0.3) is 16.5 Å².